The highest BCUT2D eigenvalue weighted by Crippen LogP contribution is 2.33. The van der Waals surface area contributed by atoms with Crippen molar-refractivity contribution in [2.45, 2.75) is 32.9 Å². The van der Waals surface area contributed by atoms with Gasteiger partial charge in [0.05, 0.1) is 7.11 Å². The molecule has 0 radical (unpaired) electrons. The Hall–Kier alpha value is -2.64. The monoisotopic (exact) mass is 356 g/mol. The molecule has 1 rings (SSSR count). The molecule has 6 nitrogen and oxygen atoms in total. The Morgan fingerprint density at radius 2 is 2.04 bits per heavy atom. The first-order valence-corrected chi connectivity index (χ1v) is 7.69. The molecule has 0 heterocycles. The molecule has 1 aromatic rings. The van der Waals surface area contributed by atoms with E-state index in [-0.39, 0.29) is 23.0 Å². The van der Waals surface area contributed by atoms with Gasteiger partial charge in [-0.1, -0.05) is 32.4 Å². The molecule has 2 unspecified atom stereocenters. The van der Waals surface area contributed by atoms with Crippen molar-refractivity contribution in [2.75, 3.05) is 7.11 Å². The number of halogens is 2. The summed E-state index contributed by atoms with van der Waals surface area (Å²) in [6.07, 6.45) is 3.06. The van der Waals surface area contributed by atoms with Gasteiger partial charge in [0.1, 0.15) is 6.04 Å². The van der Waals surface area contributed by atoms with E-state index in [0.717, 1.165) is 6.08 Å². The molecule has 0 fully saturated rings. The van der Waals surface area contributed by atoms with E-state index in [4.69, 9.17) is 10.5 Å². The Morgan fingerprint density at radius 3 is 2.56 bits per heavy atom. The fraction of sp³-hybridized carbons (Fsp3) is 0.412. The fourth-order valence-electron chi connectivity index (χ4n) is 2.14. The van der Waals surface area contributed by atoms with Gasteiger partial charge in [-0.05, 0) is 18.1 Å². The average Bonchev–Trinajstić information content (AvgIpc) is 2.57. The predicted molar refractivity (Wildman–Crippen MR) is 89.2 cm³/mol. The highest BCUT2D eigenvalue weighted by Gasteiger charge is 2.22. The molecule has 0 saturated carbocycles. The molecule has 0 aliphatic carbocycles. The Kier molecular flexibility index (Phi) is 7.84. The zero-order valence-corrected chi connectivity index (χ0v) is 14.3. The number of hydrogen-bond donors (Lipinski definition) is 2. The molecule has 8 heteroatoms. The van der Waals surface area contributed by atoms with Gasteiger partial charge < -0.3 is 20.5 Å². The molecule has 3 N–H and O–H groups in total. The zero-order chi connectivity index (χ0) is 19.0. The number of hydrogen-bond acceptors (Lipinski definition) is 4. The van der Waals surface area contributed by atoms with Crippen LogP contribution in [0.2, 0.25) is 0 Å². The van der Waals surface area contributed by atoms with E-state index >= 15 is 0 Å². The SMILES string of the molecule is CCC(C)C(NC(=O)C=Cc1cccc(OC)c1OC(F)F)C(N)=O. The highest BCUT2D eigenvalue weighted by atomic mass is 19.3. The molecule has 25 heavy (non-hydrogen) atoms. The third-order valence-electron chi connectivity index (χ3n) is 3.67. The third kappa shape index (κ3) is 6.06. The molecule has 0 bridgehead atoms. The van der Waals surface area contributed by atoms with Gasteiger partial charge >= 0.3 is 6.61 Å². The van der Waals surface area contributed by atoms with E-state index in [9.17, 15) is 18.4 Å². The summed E-state index contributed by atoms with van der Waals surface area (Å²) in [6, 6.07) is 3.70. The summed E-state index contributed by atoms with van der Waals surface area (Å²) in [5.41, 5.74) is 5.52. The number of carbonyl (C=O) groups excluding carboxylic acids is 2. The van der Waals surface area contributed by atoms with Crippen LogP contribution < -0.4 is 20.5 Å². The molecule has 0 aliphatic heterocycles. The number of ether oxygens (including phenoxy) is 2. The molecule has 0 aliphatic rings. The van der Waals surface area contributed by atoms with E-state index in [1.165, 1.54) is 25.3 Å². The van der Waals surface area contributed by atoms with Crippen molar-refractivity contribution in [1.82, 2.24) is 5.32 Å². The van der Waals surface area contributed by atoms with Crippen LogP contribution in [0.5, 0.6) is 11.5 Å². The lowest BCUT2D eigenvalue weighted by Crippen LogP contribution is -2.47. The summed E-state index contributed by atoms with van der Waals surface area (Å²) in [5, 5.41) is 2.51. The van der Waals surface area contributed by atoms with Crippen molar-refractivity contribution in [1.29, 1.82) is 0 Å². The summed E-state index contributed by atoms with van der Waals surface area (Å²) >= 11 is 0. The van der Waals surface area contributed by atoms with Crippen LogP contribution in [0.4, 0.5) is 8.78 Å². The lowest BCUT2D eigenvalue weighted by Gasteiger charge is -2.20. The summed E-state index contributed by atoms with van der Waals surface area (Å²) in [7, 11) is 1.32. The molecular formula is C17H22F2N2O4. The fourth-order valence-corrected chi connectivity index (χ4v) is 2.14. The van der Waals surface area contributed by atoms with Gasteiger partial charge in [-0.15, -0.1) is 0 Å². The quantitative estimate of drug-likeness (QED) is 0.665. The van der Waals surface area contributed by atoms with Crippen molar-refractivity contribution < 1.29 is 27.8 Å². The van der Waals surface area contributed by atoms with Crippen LogP contribution >= 0.6 is 0 Å². The lowest BCUT2D eigenvalue weighted by atomic mass is 9.98. The first-order valence-electron chi connectivity index (χ1n) is 7.69. The van der Waals surface area contributed by atoms with Gasteiger partial charge in [0, 0.05) is 11.6 Å². The number of amides is 2. The normalized spacial score (nSPS) is 13.5. The predicted octanol–water partition coefficient (Wildman–Crippen LogP) is 2.33. The molecule has 0 saturated heterocycles. The third-order valence-corrected chi connectivity index (χ3v) is 3.67. The summed E-state index contributed by atoms with van der Waals surface area (Å²) in [6.45, 7) is 0.616. The Balaban J connectivity index is 2.97. The van der Waals surface area contributed by atoms with Gasteiger partial charge in [0.15, 0.2) is 11.5 Å². The van der Waals surface area contributed by atoms with Crippen LogP contribution in [0.15, 0.2) is 24.3 Å². The van der Waals surface area contributed by atoms with Crippen LogP contribution in [0.3, 0.4) is 0 Å². The topological polar surface area (TPSA) is 90.7 Å². The second-order valence-corrected chi connectivity index (χ2v) is 5.36. The van der Waals surface area contributed by atoms with E-state index < -0.39 is 24.5 Å². The van der Waals surface area contributed by atoms with Crippen LogP contribution in [-0.4, -0.2) is 31.6 Å². The highest BCUT2D eigenvalue weighted by molar-refractivity contribution is 5.95. The summed E-state index contributed by atoms with van der Waals surface area (Å²) in [5.74, 6) is -1.42. The van der Waals surface area contributed by atoms with Crippen LogP contribution in [0.1, 0.15) is 25.8 Å². The number of alkyl halides is 2. The minimum Gasteiger partial charge on any atom is -0.493 e. The van der Waals surface area contributed by atoms with Gasteiger partial charge in [-0.25, -0.2) is 0 Å². The molecule has 2 amide bonds. The number of rotatable bonds is 9. The van der Waals surface area contributed by atoms with Crippen molar-refractivity contribution in [2.24, 2.45) is 11.7 Å². The summed E-state index contributed by atoms with van der Waals surface area (Å²) in [4.78, 5) is 23.4. The number of para-hydroxylation sites is 1. The molecule has 138 valence electrons. The first kappa shape index (κ1) is 20.4. The number of primary amides is 1. The molecule has 2 atom stereocenters. The van der Waals surface area contributed by atoms with Crippen molar-refractivity contribution in [3.8, 4) is 11.5 Å². The molecule has 1 aromatic carbocycles. The first-order chi connectivity index (χ1) is 11.8. The maximum absolute atomic E-state index is 12.6. The average molecular weight is 356 g/mol. The maximum atomic E-state index is 12.6. The number of benzene rings is 1. The van der Waals surface area contributed by atoms with E-state index in [1.807, 2.05) is 6.92 Å². The molecular weight excluding hydrogens is 334 g/mol. The Bertz CT molecular complexity index is 635. The number of nitrogens with one attached hydrogen (secondary N) is 1. The Morgan fingerprint density at radius 1 is 1.36 bits per heavy atom. The smallest absolute Gasteiger partial charge is 0.387 e. The van der Waals surface area contributed by atoms with Gasteiger partial charge in [-0.3, -0.25) is 9.59 Å². The number of nitrogens with two attached hydrogens (primary N) is 1. The number of methoxy groups -OCH3 is 1. The molecule has 0 spiro atoms. The minimum absolute atomic E-state index is 0.109. The second-order valence-electron chi connectivity index (χ2n) is 5.36. The Labute approximate surface area is 145 Å². The van der Waals surface area contributed by atoms with Crippen molar-refractivity contribution in [3.05, 3.63) is 29.8 Å². The minimum atomic E-state index is -3.04. The largest absolute Gasteiger partial charge is 0.493 e. The lowest BCUT2D eigenvalue weighted by molar-refractivity contribution is -0.126. The molecule has 0 aromatic heterocycles. The summed E-state index contributed by atoms with van der Waals surface area (Å²) < 4.78 is 34.6. The van der Waals surface area contributed by atoms with Crippen molar-refractivity contribution >= 4 is 17.9 Å². The van der Waals surface area contributed by atoms with Gasteiger partial charge in [-0.2, -0.15) is 8.78 Å². The standard InChI is InChI=1S/C17H22F2N2O4/c1-4-10(2)14(16(20)23)21-13(22)9-8-11-6-5-7-12(24-3)15(11)25-17(18)19/h5-10,14,17H,4H2,1-3H3,(H2,20,23)(H,21,22). The van der Waals surface area contributed by atoms with Crippen LogP contribution in [-0.2, 0) is 9.59 Å². The van der Waals surface area contributed by atoms with Crippen LogP contribution in [0, 0.1) is 5.92 Å². The zero-order valence-electron chi connectivity index (χ0n) is 14.3. The van der Waals surface area contributed by atoms with Gasteiger partial charge in [0.25, 0.3) is 0 Å². The van der Waals surface area contributed by atoms with Crippen molar-refractivity contribution in [3.63, 3.8) is 0 Å². The number of carbonyl (C=O) groups is 2. The van der Waals surface area contributed by atoms with E-state index in [2.05, 4.69) is 10.1 Å². The second kappa shape index (κ2) is 9.61. The maximum Gasteiger partial charge on any atom is 0.387 e. The van der Waals surface area contributed by atoms with Gasteiger partial charge in [0.2, 0.25) is 11.8 Å². The van der Waals surface area contributed by atoms with E-state index in [1.54, 1.807) is 13.0 Å². The van der Waals surface area contributed by atoms with Crippen LogP contribution in [0.25, 0.3) is 6.08 Å². The van der Waals surface area contributed by atoms with E-state index in [0.29, 0.717) is 6.42 Å².